The first-order valence-corrected chi connectivity index (χ1v) is 10.7. The summed E-state index contributed by atoms with van der Waals surface area (Å²) in [4.78, 5) is 26.2. The smallest absolute Gasteiger partial charge is 0.272 e. The Morgan fingerprint density at radius 2 is 1.47 bits per heavy atom. The van der Waals surface area contributed by atoms with Crippen molar-refractivity contribution in [1.29, 1.82) is 0 Å². The van der Waals surface area contributed by atoms with E-state index in [1.807, 2.05) is 48.5 Å². The second kappa shape index (κ2) is 10.4. The first kappa shape index (κ1) is 22.6. The van der Waals surface area contributed by atoms with Crippen molar-refractivity contribution in [2.24, 2.45) is 0 Å². The summed E-state index contributed by atoms with van der Waals surface area (Å²) in [6.07, 6.45) is 1.60. The summed E-state index contributed by atoms with van der Waals surface area (Å²) in [6, 6.07) is 27.4. The summed E-state index contributed by atoms with van der Waals surface area (Å²) in [6.45, 7) is 0. The molecule has 0 aliphatic carbocycles. The van der Waals surface area contributed by atoms with Crippen LogP contribution in [0.3, 0.4) is 0 Å². The first-order chi connectivity index (χ1) is 16.6. The number of ether oxygens (including phenoxy) is 2. The molecular weight excluding hydrogens is 428 g/mol. The zero-order valence-corrected chi connectivity index (χ0v) is 18.9. The molecule has 0 spiro atoms. The van der Waals surface area contributed by atoms with Gasteiger partial charge in [-0.05, 0) is 47.4 Å². The van der Waals surface area contributed by atoms with Crippen LogP contribution in [0, 0.1) is 0 Å². The van der Waals surface area contributed by atoms with E-state index in [0.717, 1.165) is 10.8 Å². The number of methoxy groups -OCH3 is 2. The van der Waals surface area contributed by atoms with Crippen LogP contribution in [-0.2, 0) is 4.79 Å². The van der Waals surface area contributed by atoms with E-state index >= 15 is 0 Å². The van der Waals surface area contributed by atoms with E-state index in [0.29, 0.717) is 28.3 Å². The molecule has 170 valence electrons. The van der Waals surface area contributed by atoms with E-state index in [2.05, 4.69) is 10.6 Å². The standard InChI is InChI=1S/C28H24N2O4/c1-33-25-16-15-19(18-26(25)34-2)17-24(30-27(31)21-10-4-3-5-11-21)28(32)29-23-14-8-12-20-9-6-7-13-22(20)23/h3-18H,1-2H3,(H,29,32)(H,30,31)/b24-17+. The van der Waals surface area contributed by atoms with Gasteiger partial charge < -0.3 is 20.1 Å². The molecule has 4 aromatic rings. The predicted octanol–water partition coefficient (Wildman–Crippen LogP) is 5.27. The van der Waals surface area contributed by atoms with Crippen molar-refractivity contribution in [3.8, 4) is 11.5 Å². The van der Waals surface area contributed by atoms with Crippen molar-refractivity contribution in [3.63, 3.8) is 0 Å². The van der Waals surface area contributed by atoms with Crippen LogP contribution < -0.4 is 20.1 Å². The molecule has 6 nitrogen and oxygen atoms in total. The van der Waals surface area contributed by atoms with Gasteiger partial charge in [0.2, 0.25) is 0 Å². The van der Waals surface area contributed by atoms with Crippen molar-refractivity contribution < 1.29 is 19.1 Å². The van der Waals surface area contributed by atoms with Gasteiger partial charge in [0, 0.05) is 16.6 Å². The lowest BCUT2D eigenvalue weighted by Crippen LogP contribution is -2.30. The van der Waals surface area contributed by atoms with Crippen molar-refractivity contribution in [2.45, 2.75) is 0 Å². The summed E-state index contributed by atoms with van der Waals surface area (Å²) in [5.41, 5.74) is 1.84. The molecule has 0 saturated heterocycles. The molecule has 0 bridgehead atoms. The highest BCUT2D eigenvalue weighted by Crippen LogP contribution is 2.29. The third-order valence-corrected chi connectivity index (χ3v) is 5.29. The topological polar surface area (TPSA) is 76.7 Å². The van der Waals surface area contributed by atoms with Crippen LogP contribution in [0.15, 0.2) is 96.7 Å². The molecule has 4 rings (SSSR count). The molecule has 34 heavy (non-hydrogen) atoms. The lowest BCUT2D eigenvalue weighted by molar-refractivity contribution is -0.113. The van der Waals surface area contributed by atoms with Crippen molar-refractivity contribution in [3.05, 3.63) is 108 Å². The third kappa shape index (κ3) is 5.07. The molecule has 0 aromatic heterocycles. The Labute approximate surface area is 197 Å². The van der Waals surface area contributed by atoms with Crippen LogP contribution >= 0.6 is 0 Å². The number of rotatable bonds is 7. The maximum absolute atomic E-state index is 13.4. The molecule has 0 heterocycles. The normalized spacial score (nSPS) is 11.1. The van der Waals surface area contributed by atoms with Gasteiger partial charge in [-0.2, -0.15) is 0 Å². The fraction of sp³-hybridized carbons (Fsp3) is 0.0714. The highest BCUT2D eigenvalue weighted by Gasteiger charge is 2.16. The summed E-state index contributed by atoms with van der Waals surface area (Å²) in [5, 5.41) is 7.59. The predicted molar refractivity (Wildman–Crippen MR) is 134 cm³/mol. The first-order valence-electron chi connectivity index (χ1n) is 10.7. The van der Waals surface area contributed by atoms with Crippen LogP contribution in [0.25, 0.3) is 16.8 Å². The van der Waals surface area contributed by atoms with Gasteiger partial charge >= 0.3 is 0 Å². The van der Waals surface area contributed by atoms with Crippen molar-refractivity contribution in [1.82, 2.24) is 5.32 Å². The van der Waals surface area contributed by atoms with Gasteiger partial charge in [0.1, 0.15) is 5.70 Å². The highest BCUT2D eigenvalue weighted by molar-refractivity contribution is 6.13. The summed E-state index contributed by atoms with van der Waals surface area (Å²) in [5.74, 6) is 0.241. The maximum Gasteiger partial charge on any atom is 0.272 e. The van der Waals surface area contributed by atoms with Crippen LogP contribution in [0.2, 0.25) is 0 Å². The van der Waals surface area contributed by atoms with E-state index in [-0.39, 0.29) is 11.6 Å². The second-order valence-electron chi connectivity index (χ2n) is 7.47. The van der Waals surface area contributed by atoms with E-state index in [1.165, 1.54) is 7.11 Å². The number of carbonyl (C=O) groups is 2. The van der Waals surface area contributed by atoms with Crippen LogP contribution in [0.4, 0.5) is 5.69 Å². The zero-order chi connectivity index (χ0) is 23.9. The number of amides is 2. The Bertz CT molecular complexity index is 1360. The Morgan fingerprint density at radius 3 is 2.24 bits per heavy atom. The van der Waals surface area contributed by atoms with Gasteiger partial charge in [0.05, 0.1) is 14.2 Å². The van der Waals surface area contributed by atoms with Gasteiger partial charge in [0.25, 0.3) is 11.8 Å². The van der Waals surface area contributed by atoms with Crippen molar-refractivity contribution >= 4 is 34.4 Å². The monoisotopic (exact) mass is 452 g/mol. The number of nitrogens with one attached hydrogen (secondary N) is 2. The molecule has 6 heteroatoms. The highest BCUT2D eigenvalue weighted by atomic mass is 16.5. The van der Waals surface area contributed by atoms with E-state index < -0.39 is 5.91 Å². The quantitative estimate of drug-likeness (QED) is 0.375. The fourth-order valence-electron chi connectivity index (χ4n) is 3.58. The van der Waals surface area contributed by atoms with Crippen LogP contribution in [-0.4, -0.2) is 26.0 Å². The number of hydrogen-bond acceptors (Lipinski definition) is 4. The fourth-order valence-corrected chi connectivity index (χ4v) is 3.58. The minimum Gasteiger partial charge on any atom is -0.493 e. The number of benzene rings is 4. The molecule has 2 N–H and O–H groups in total. The summed E-state index contributed by atoms with van der Waals surface area (Å²) in [7, 11) is 3.09. The SMILES string of the molecule is COc1ccc(/C=C(/NC(=O)c2ccccc2)C(=O)Nc2cccc3ccccc23)cc1OC. The van der Waals surface area contributed by atoms with E-state index in [9.17, 15) is 9.59 Å². The van der Waals surface area contributed by atoms with Gasteiger partial charge in [-0.15, -0.1) is 0 Å². The Morgan fingerprint density at radius 1 is 0.765 bits per heavy atom. The third-order valence-electron chi connectivity index (χ3n) is 5.29. The molecule has 0 aliphatic heterocycles. The Balaban J connectivity index is 1.70. The minimum atomic E-state index is -0.449. The molecule has 0 radical (unpaired) electrons. The molecule has 0 saturated carbocycles. The average molecular weight is 453 g/mol. The van der Waals surface area contributed by atoms with Gasteiger partial charge in [-0.3, -0.25) is 9.59 Å². The van der Waals surface area contributed by atoms with Crippen LogP contribution in [0.5, 0.6) is 11.5 Å². The molecule has 0 atom stereocenters. The number of anilines is 1. The van der Waals surface area contributed by atoms with Crippen molar-refractivity contribution in [2.75, 3.05) is 19.5 Å². The Hall–Kier alpha value is -4.58. The lowest BCUT2D eigenvalue weighted by atomic mass is 10.1. The second-order valence-corrected chi connectivity index (χ2v) is 7.47. The maximum atomic E-state index is 13.4. The van der Waals surface area contributed by atoms with Crippen LogP contribution in [0.1, 0.15) is 15.9 Å². The molecule has 4 aromatic carbocycles. The van der Waals surface area contributed by atoms with E-state index in [4.69, 9.17) is 9.47 Å². The minimum absolute atomic E-state index is 0.0917. The number of carbonyl (C=O) groups excluding carboxylic acids is 2. The largest absolute Gasteiger partial charge is 0.493 e. The molecule has 0 fully saturated rings. The molecule has 2 amide bonds. The molecular formula is C28H24N2O4. The number of hydrogen-bond donors (Lipinski definition) is 2. The summed E-state index contributed by atoms with van der Waals surface area (Å²) < 4.78 is 10.7. The number of fused-ring (bicyclic) bond motifs is 1. The molecule has 0 unspecified atom stereocenters. The summed E-state index contributed by atoms with van der Waals surface area (Å²) >= 11 is 0. The van der Waals surface area contributed by atoms with Gasteiger partial charge in [0.15, 0.2) is 11.5 Å². The zero-order valence-electron chi connectivity index (χ0n) is 18.9. The van der Waals surface area contributed by atoms with Gasteiger partial charge in [-0.1, -0.05) is 60.7 Å². The molecule has 0 aliphatic rings. The van der Waals surface area contributed by atoms with Gasteiger partial charge in [-0.25, -0.2) is 0 Å². The van der Waals surface area contributed by atoms with E-state index in [1.54, 1.807) is 55.7 Å². The average Bonchev–Trinajstić information content (AvgIpc) is 2.88. The Kier molecular flexibility index (Phi) is 6.89. The lowest BCUT2D eigenvalue weighted by Gasteiger charge is -2.13.